The number of carbonyl (C=O) groups excluding carboxylic acids is 4. The molecule has 8 nitrogen and oxygen atoms in total. The zero-order valence-electron chi connectivity index (χ0n) is 18.9. The van der Waals surface area contributed by atoms with Crippen molar-refractivity contribution in [2.75, 3.05) is 17.2 Å². The van der Waals surface area contributed by atoms with Crippen molar-refractivity contribution in [3.63, 3.8) is 0 Å². The normalized spacial score (nSPS) is 11.8. The van der Waals surface area contributed by atoms with Gasteiger partial charge in [0, 0.05) is 23.9 Å². The highest BCUT2D eigenvalue weighted by atomic mass is 16.5. The van der Waals surface area contributed by atoms with Crippen molar-refractivity contribution >= 4 is 35.1 Å². The van der Waals surface area contributed by atoms with Crippen LogP contribution in [0.4, 0.5) is 11.4 Å². The molecule has 0 spiro atoms. The van der Waals surface area contributed by atoms with Gasteiger partial charge in [0.1, 0.15) is 6.54 Å². The van der Waals surface area contributed by atoms with Crippen LogP contribution >= 0.6 is 0 Å². The maximum absolute atomic E-state index is 12.2. The van der Waals surface area contributed by atoms with E-state index in [9.17, 15) is 19.2 Å². The molecule has 1 atom stereocenters. The van der Waals surface area contributed by atoms with Gasteiger partial charge < -0.3 is 20.7 Å². The summed E-state index contributed by atoms with van der Waals surface area (Å²) in [5.41, 5.74) is 2.58. The van der Waals surface area contributed by atoms with Gasteiger partial charge in [0.05, 0.1) is 0 Å². The van der Waals surface area contributed by atoms with Crippen molar-refractivity contribution in [2.24, 2.45) is 0 Å². The minimum Gasteiger partial charge on any atom is -0.451 e. The van der Waals surface area contributed by atoms with E-state index in [2.05, 4.69) is 36.7 Å². The molecule has 0 aliphatic heterocycles. The van der Waals surface area contributed by atoms with Gasteiger partial charge in [-0.2, -0.15) is 0 Å². The van der Waals surface area contributed by atoms with Gasteiger partial charge in [-0.15, -0.1) is 0 Å². The molecule has 0 saturated heterocycles. The van der Waals surface area contributed by atoms with Crippen molar-refractivity contribution in [1.29, 1.82) is 0 Å². The van der Waals surface area contributed by atoms with Gasteiger partial charge in [-0.1, -0.05) is 32.9 Å². The summed E-state index contributed by atoms with van der Waals surface area (Å²) in [5, 5.41) is 7.74. The van der Waals surface area contributed by atoms with Crippen LogP contribution in [-0.4, -0.2) is 36.3 Å². The standard InChI is InChI=1S/C24H29N3O5/c1-15(22(30)27-20-12-10-19(11-13-20)26-16(2)28)32-21(29)14-25-23(31)17-6-8-18(9-7-17)24(3,4)5/h6-13,15H,14H2,1-5H3,(H,25,31)(H,26,28)(H,27,30). The number of hydrogen-bond donors (Lipinski definition) is 3. The predicted octanol–water partition coefficient (Wildman–Crippen LogP) is 3.24. The average Bonchev–Trinajstić information content (AvgIpc) is 2.72. The van der Waals surface area contributed by atoms with E-state index >= 15 is 0 Å². The van der Waals surface area contributed by atoms with E-state index in [1.807, 2.05) is 12.1 Å². The minimum absolute atomic E-state index is 0.0248. The van der Waals surface area contributed by atoms with Crippen LogP contribution in [0.25, 0.3) is 0 Å². The third-order valence-corrected chi connectivity index (χ3v) is 4.56. The highest BCUT2D eigenvalue weighted by Crippen LogP contribution is 2.22. The lowest BCUT2D eigenvalue weighted by atomic mass is 9.87. The SMILES string of the molecule is CC(=O)Nc1ccc(NC(=O)C(C)OC(=O)CNC(=O)c2ccc(C(C)(C)C)cc2)cc1. The number of esters is 1. The molecule has 2 rings (SSSR count). The van der Waals surface area contributed by atoms with Gasteiger partial charge in [-0.25, -0.2) is 0 Å². The molecule has 32 heavy (non-hydrogen) atoms. The van der Waals surface area contributed by atoms with Gasteiger partial charge in [0.15, 0.2) is 6.10 Å². The number of benzene rings is 2. The van der Waals surface area contributed by atoms with E-state index in [0.29, 0.717) is 16.9 Å². The monoisotopic (exact) mass is 439 g/mol. The fourth-order valence-electron chi connectivity index (χ4n) is 2.75. The quantitative estimate of drug-likeness (QED) is 0.573. The Morgan fingerprint density at radius 2 is 1.41 bits per heavy atom. The Morgan fingerprint density at radius 1 is 0.875 bits per heavy atom. The van der Waals surface area contributed by atoms with E-state index in [0.717, 1.165) is 5.56 Å². The van der Waals surface area contributed by atoms with Crippen LogP contribution in [0.15, 0.2) is 48.5 Å². The number of amides is 3. The first-order valence-corrected chi connectivity index (χ1v) is 10.2. The molecule has 0 radical (unpaired) electrons. The number of anilines is 2. The lowest BCUT2D eigenvalue weighted by Gasteiger charge is -2.19. The molecule has 0 aliphatic carbocycles. The van der Waals surface area contributed by atoms with Crippen LogP contribution in [0.3, 0.4) is 0 Å². The molecule has 2 aromatic rings. The molecule has 0 bridgehead atoms. The Labute approximate surface area is 187 Å². The summed E-state index contributed by atoms with van der Waals surface area (Å²) in [6.45, 7) is 8.72. The number of ether oxygens (including phenoxy) is 1. The molecular weight excluding hydrogens is 410 g/mol. The molecule has 3 N–H and O–H groups in total. The van der Waals surface area contributed by atoms with Gasteiger partial charge >= 0.3 is 5.97 Å². The fourth-order valence-corrected chi connectivity index (χ4v) is 2.75. The Morgan fingerprint density at radius 3 is 1.91 bits per heavy atom. The molecule has 0 aliphatic rings. The van der Waals surface area contributed by atoms with Crippen molar-refractivity contribution < 1.29 is 23.9 Å². The van der Waals surface area contributed by atoms with Gasteiger partial charge in [-0.3, -0.25) is 19.2 Å². The summed E-state index contributed by atoms with van der Waals surface area (Å²) in [6.07, 6.45) is -1.06. The first-order valence-electron chi connectivity index (χ1n) is 10.2. The largest absolute Gasteiger partial charge is 0.451 e. The summed E-state index contributed by atoms with van der Waals surface area (Å²) in [5.74, 6) is -1.85. The maximum atomic E-state index is 12.2. The van der Waals surface area contributed by atoms with E-state index < -0.39 is 23.9 Å². The lowest BCUT2D eigenvalue weighted by molar-refractivity contribution is -0.152. The molecule has 0 fully saturated rings. The lowest BCUT2D eigenvalue weighted by Crippen LogP contribution is -2.35. The number of hydrogen-bond acceptors (Lipinski definition) is 5. The van der Waals surface area contributed by atoms with Gasteiger partial charge in [-0.05, 0) is 54.3 Å². The first-order chi connectivity index (χ1) is 15.0. The smallest absolute Gasteiger partial charge is 0.326 e. The Balaban J connectivity index is 1.81. The van der Waals surface area contributed by atoms with Crippen LogP contribution in [-0.2, 0) is 24.5 Å². The molecule has 8 heteroatoms. The number of nitrogens with one attached hydrogen (secondary N) is 3. The van der Waals surface area contributed by atoms with E-state index in [1.54, 1.807) is 36.4 Å². The topological polar surface area (TPSA) is 114 Å². The molecule has 1 unspecified atom stereocenters. The highest BCUT2D eigenvalue weighted by molar-refractivity contribution is 5.97. The second-order valence-corrected chi connectivity index (χ2v) is 8.39. The summed E-state index contributed by atoms with van der Waals surface area (Å²) in [7, 11) is 0. The third-order valence-electron chi connectivity index (χ3n) is 4.56. The average molecular weight is 440 g/mol. The second kappa shape index (κ2) is 10.6. The van der Waals surface area contributed by atoms with Gasteiger partial charge in [0.2, 0.25) is 5.91 Å². The molecular formula is C24H29N3O5. The Bertz CT molecular complexity index is 976. The van der Waals surface area contributed by atoms with Gasteiger partial charge in [0.25, 0.3) is 11.8 Å². The van der Waals surface area contributed by atoms with Crippen LogP contribution in [0.5, 0.6) is 0 Å². The van der Waals surface area contributed by atoms with E-state index in [1.165, 1.54) is 13.8 Å². The van der Waals surface area contributed by atoms with Crippen LogP contribution in [0.1, 0.15) is 50.5 Å². The molecule has 0 saturated carbocycles. The molecule has 2 aromatic carbocycles. The van der Waals surface area contributed by atoms with Crippen molar-refractivity contribution in [1.82, 2.24) is 5.32 Å². The Kier molecular flexibility index (Phi) is 8.12. The van der Waals surface area contributed by atoms with E-state index in [4.69, 9.17) is 4.74 Å². The number of carbonyl (C=O) groups is 4. The minimum atomic E-state index is -1.06. The summed E-state index contributed by atoms with van der Waals surface area (Å²) in [4.78, 5) is 47.5. The summed E-state index contributed by atoms with van der Waals surface area (Å²) in [6, 6.07) is 13.7. The summed E-state index contributed by atoms with van der Waals surface area (Å²) >= 11 is 0. The molecule has 0 aromatic heterocycles. The second-order valence-electron chi connectivity index (χ2n) is 8.39. The van der Waals surface area contributed by atoms with Crippen LogP contribution in [0, 0.1) is 0 Å². The maximum Gasteiger partial charge on any atom is 0.326 e. The predicted molar refractivity (Wildman–Crippen MR) is 122 cm³/mol. The molecule has 3 amide bonds. The van der Waals surface area contributed by atoms with Crippen molar-refractivity contribution in [2.45, 2.75) is 46.1 Å². The van der Waals surface area contributed by atoms with Crippen LogP contribution in [0.2, 0.25) is 0 Å². The number of rotatable bonds is 7. The van der Waals surface area contributed by atoms with Crippen molar-refractivity contribution in [3.05, 3.63) is 59.7 Å². The first kappa shape index (κ1) is 24.6. The highest BCUT2D eigenvalue weighted by Gasteiger charge is 2.19. The molecule has 170 valence electrons. The zero-order valence-corrected chi connectivity index (χ0v) is 18.9. The summed E-state index contributed by atoms with van der Waals surface area (Å²) < 4.78 is 5.09. The third kappa shape index (κ3) is 7.54. The fraction of sp³-hybridized carbons (Fsp3) is 0.333. The van der Waals surface area contributed by atoms with E-state index in [-0.39, 0.29) is 17.9 Å². The Hall–Kier alpha value is -3.68. The van der Waals surface area contributed by atoms with Crippen molar-refractivity contribution in [3.8, 4) is 0 Å². The zero-order chi connectivity index (χ0) is 23.9. The van der Waals surface area contributed by atoms with Crippen LogP contribution < -0.4 is 16.0 Å². The molecule has 0 heterocycles.